The van der Waals surface area contributed by atoms with E-state index in [1.807, 2.05) is 6.07 Å². The molecule has 0 fully saturated rings. The minimum absolute atomic E-state index is 0.0709. The Balaban J connectivity index is 3.03. The summed E-state index contributed by atoms with van der Waals surface area (Å²) in [5.74, 6) is -1.61. The fourth-order valence-electron chi connectivity index (χ4n) is 1.42. The summed E-state index contributed by atoms with van der Waals surface area (Å²) in [4.78, 5) is 10.9. The monoisotopic (exact) mass is 282 g/mol. The van der Waals surface area contributed by atoms with Crippen LogP contribution < -0.4 is 4.72 Å². The Bertz CT molecular complexity index is 600. The quantitative estimate of drug-likeness (QED) is 0.836. The Labute approximate surface area is 111 Å². The lowest BCUT2D eigenvalue weighted by Gasteiger charge is -2.17. The first-order valence-electron chi connectivity index (χ1n) is 5.53. The van der Waals surface area contributed by atoms with Gasteiger partial charge in [-0.15, -0.1) is 0 Å². The van der Waals surface area contributed by atoms with Crippen molar-refractivity contribution in [2.24, 2.45) is 5.92 Å². The standard InChI is InChI=1S/C12H14N2O4S/c1-8(2)11(12(15)16)14-19(17,18)10-5-3-9(7-13)4-6-10/h3-6,8,11,14H,1-2H3,(H,15,16)/t11-/m0/s1. The van der Waals surface area contributed by atoms with Gasteiger partial charge in [0.1, 0.15) is 6.04 Å². The highest BCUT2D eigenvalue weighted by Gasteiger charge is 2.27. The van der Waals surface area contributed by atoms with Crippen LogP contribution in [-0.2, 0) is 14.8 Å². The van der Waals surface area contributed by atoms with Crippen molar-refractivity contribution in [1.82, 2.24) is 4.72 Å². The highest BCUT2D eigenvalue weighted by molar-refractivity contribution is 7.89. The van der Waals surface area contributed by atoms with Gasteiger partial charge in [0, 0.05) is 0 Å². The van der Waals surface area contributed by atoms with Gasteiger partial charge in [0.25, 0.3) is 0 Å². The minimum atomic E-state index is -3.91. The van der Waals surface area contributed by atoms with E-state index in [4.69, 9.17) is 10.4 Å². The number of carboxylic acid groups (broad SMARTS) is 1. The topological polar surface area (TPSA) is 107 Å². The first-order valence-corrected chi connectivity index (χ1v) is 7.01. The Morgan fingerprint density at radius 1 is 1.32 bits per heavy atom. The smallest absolute Gasteiger partial charge is 0.322 e. The van der Waals surface area contributed by atoms with Crippen LogP contribution in [0.25, 0.3) is 0 Å². The Kier molecular flexibility index (Phi) is 4.64. The van der Waals surface area contributed by atoms with Crippen molar-refractivity contribution in [2.75, 3.05) is 0 Å². The van der Waals surface area contributed by atoms with Gasteiger partial charge in [0.2, 0.25) is 10.0 Å². The summed E-state index contributed by atoms with van der Waals surface area (Å²) >= 11 is 0. The van der Waals surface area contributed by atoms with Crippen LogP contribution in [0, 0.1) is 17.2 Å². The van der Waals surface area contributed by atoms with E-state index in [9.17, 15) is 13.2 Å². The van der Waals surface area contributed by atoms with Crippen molar-refractivity contribution in [3.63, 3.8) is 0 Å². The lowest BCUT2D eigenvalue weighted by molar-refractivity contribution is -0.140. The number of rotatable bonds is 5. The summed E-state index contributed by atoms with van der Waals surface area (Å²) in [6, 6.07) is 5.93. The molecule has 6 nitrogen and oxygen atoms in total. The second-order valence-electron chi connectivity index (χ2n) is 4.32. The van der Waals surface area contributed by atoms with Crippen LogP contribution in [-0.4, -0.2) is 25.5 Å². The van der Waals surface area contributed by atoms with Crippen LogP contribution in [0.5, 0.6) is 0 Å². The predicted molar refractivity (Wildman–Crippen MR) is 67.7 cm³/mol. The van der Waals surface area contributed by atoms with E-state index in [-0.39, 0.29) is 10.8 Å². The molecule has 0 saturated heterocycles. The van der Waals surface area contributed by atoms with E-state index >= 15 is 0 Å². The van der Waals surface area contributed by atoms with Gasteiger partial charge >= 0.3 is 5.97 Å². The van der Waals surface area contributed by atoms with E-state index in [1.165, 1.54) is 24.3 Å². The molecule has 1 atom stereocenters. The van der Waals surface area contributed by atoms with E-state index in [2.05, 4.69) is 4.72 Å². The number of sulfonamides is 1. The zero-order valence-electron chi connectivity index (χ0n) is 10.5. The van der Waals surface area contributed by atoms with Crippen LogP contribution in [0.1, 0.15) is 19.4 Å². The largest absolute Gasteiger partial charge is 0.480 e. The highest BCUT2D eigenvalue weighted by atomic mass is 32.2. The molecular weight excluding hydrogens is 268 g/mol. The summed E-state index contributed by atoms with van der Waals surface area (Å²) in [5, 5.41) is 17.6. The number of hydrogen-bond acceptors (Lipinski definition) is 4. The third kappa shape index (κ3) is 3.77. The van der Waals surface area contributed by atoms with Crippen LogP contribution in [0.2, 0.25) is 0 Å². The van der Waals surface area contributed by atoms with Crippen LogP contribution >= 0.6 is 0 Å². The molecule has 1 rings (SSSR count). The zero-order valence-corrected chi connectivity index (χ0v) is 11.3. The number of aliphatic carboxylic acids is 1. The Morgan fingerprint density at radius 2 is 1.84 bits per heavy atom. The summed E-state index contributed by atoms with van der Waals surface area (Å²) in [5.41, 5.74) is 0.331. The Morgan fingerprint density at radius 3 is 2.21 bits per heavy atom. The Hall–Kier alpha value is -1.91. The van der Waals surface area contributed by atoms with Crippen molar-refractivity contribution >= 4 is 16.0 Å². The van der Waals surface area contributed by atoms with Gasteiger partial charge in [0.15, 0.2) is 0 Å². The van der Waals surface area contributed by atoms with E-state index in [0.717, 1.165) is 0 Å². The minimum Gasteiger partial charge on any atom is -0.480 e. The van der Waals surface area contributed by atoms with Crippen molar-refractivity contribution in [3.8, 4) is 6.07 Å². The van der Waals surface area contributed by atoms with Crippen LogP contribution in [0.15, 0.2) is 29.2 Å². The molecule has 1 aromatic rings. The maximum absolute atomic E-state index is 12.0. The summed E-state index contributed by atoms with van der Waals surface area (Å²) in [6.45, 7) is 3.22. The van der Waals surface area contributed by atoms with Gasteiger partial charge < -0.3 is 5.11 Å². The molecule has 0 bridgehead atoms. The molecule has 0 aromatic heterocycles. The third-order valence-corrected chi connectivity index (χ3v) is 3.97. The van der Waals surface area contributed by atoms with Crippen molar-refractivity contribution in [3.05, 3.63) is 29.8 Å². The molecule has 2 N–H and O–H groups in total. The summed E-state index contributed by atoms with van der Waals surface area (Å²) < 4.78 is 26.1. The van der Waals surface area contributed by atoms with Gasteiger partial charge in [-0.3, -0.25) is 4.79 Å². The van der Waals surface area contributed by atoms with E-state index < -0.39 is 22.0 Å². The number of carboxylic acids is 1. The van der Waals surface area contributed by atoms with Gasteiger partial charge in [-0.25, -0.2) is 8.42 Å². The molecule has 0 aliphatic rings. The molecule has 0 saturated carbocycles. The first kappa shape index (κ1) is 15.1. The number of carbonyl (C=O) groups is 1. The predicted octanol–water partition coefficient (Wildman–Crippen LogP) is 0.946. The number of nitrogens with zero attached hydrogens (tertiary/aromatic N) is 1. The van der Waals surface area contributed by atoms with Crippen LogP contribution in [0.3, 0.4) is 0 Å². The fourth-order valence-corrected chi connectivity index (χ4v) is 2.75. The fraction of sp³-hybridized carbons (Fsp3) is 0.333. The number of nitrogens with one attached hydrogen (secondary N) is 1. The maximum Gasteiger partial charge on any atom is 0.322 e. The van der Waals surface area contributed by atoms with Gasteiger partial charge in [-0.1, -0.05) is 13.8 Å². The van der Waals surface area contributed by atoms with E-state index in [0.29, 0.717) is 5.56 Å². The summed E-state index contributed by atoms with van der Waals surface area (Å²) in [7, 11) is -3.91. The molecule has 0 amide bonds. The molecule has 102 valence electrons. The normalized spacial score (nSPS) is 12.9. The molecule has 0 aliphatic carbocycles. The van der Waals surface area contributed by atoms with Gasteiger partial charge in [-0.2, -0.15) is 9.98 Å². The average molecular weight is 282 g/mol. The first-order chi connectivity index (χ1) is 8.77. The molecule has 0 heterocycles. The van der Waals surface area contributed by atoms with Gasteiger partial charge in [0.05, 0.1) is 16.5 Å². The number of benzene rings is 1. The summed E-state index contributed by atoms with van der Waals surface area (Å²) in [6.07, 6.45) is 0. The second kappa shape index (κ2) is 5.82. The van der Waals surface area contributed by atoms with Crippen LogP contribution in [0.4, 0.5) is 0 Å². The van der Waals surface area contributed by atoms with Gasteiger partial charge in [-0.05, 0) is 30.2 Å². The number of nitriles is 1. The molecule has 0 unspecified atom stereocenters. The van der Waals surface area contributed by atoms with E-state index in [1.54, 1.807) is 13.8 Å². The molecule has 19 heavy (non-hydrogen) atoms. The van der Waals surface area contributed by atoms with Crippen molar-refractivity contribution < 1.29 is 18.3 Å². The molecule has 1 aromatic carbocycles. The third-order valence-electron chi connectivity index (χ3n) is 2.51. The molecule has 7 heteroatoms. The molecule has 0 radical (unpaired) electrons. The maximum atomic E-state index is 12.0. The molecule has 0 aliphatic heterocycles. The highest BCUT2D eigenvalue weighted by Crippen LogP contribution is 2.13. The molecular formula is C12H14N2O4S. The van der Waals surface area contributed by atoms with Crippen molar-refractivity contribution in [2.45, 2.75) is 24.8 Å². The zero-order chi connectivity index (χ0) is 14.6. The second-order valence-corrected chi connectivity index (χ2v) is 6.03. The lowest BCUT2D eigenvalue weighted by atomic mass is 10.1. The SMILES string of the molecule is CC(C)[C@H](NS(=O)(=O)c1ccc(C#N)cc1)C(=O)O. The average Bonchev–Trinajstić information content (AvgIpc) is 2.35. The van der Waals surface area contributed by atoms with Crippen molar-refractivity contribution in [1.29, 1.82) is 5.26 Å². The molecule has 0 spiro atoms. The number of hydrogen-bond donors (Lipinski definition) is 2. The lowest BCUT2D eigenvalue weighted by Crippen LogP contribution is -2.44.